The summed E-state index contributed by atoms with van der Waals surface area (Å²) in [7, 11) is 0. The summed E-state index contributed by atoms with van der Waals surface area (Å²) in [4.78, 5) is 2.61. The number of phenols is 1. The number of aryl methyl sites for hydroxylation is 1. The maximum atomic E-state index is 10.1. The summed E-state index contributed by atoms with van der Waals surface area (Å²) < 4.78 is 0. The van der Waals surface area contributed by atoms with Crippen molar-refractivity contribution >= 4 is 5.69 Å². The highest BCUT2D eigenvalue weighted by Crippen LogP contribution is 2.47. The predicted octanol–water partition coefficient (Wildman–Crippen LogP) is 5.83. The van der Waals surface area contributed by atoms with E-state index in [1.54, 1.807) is 0 Å². The monoisotopic (exact) mass is 438 g/mol. The smallest absolute Gasteiger partial charge is 0.115 e. The van der Waals surface area contributed by atoms with E-state index >= 15 is 0 Å². The van der Waals surface area contributed by atoms with Crippen molar-refractivity contribution in [3.05, 3.63) is 95.1 Å². The topological polar surface area (TPSA) is 35.5 Å². The number of hydrogen-bond acceptors (Lipinski definition) is 3. The lowest BCUT2D eigenvalue weighted by molar-refractivity contribution is 0.232. The molecule has 6 rings (SSSR count). The fourth-order valence-electron chi connectivity index (χ4n) is 6.69. The van der Waals surface area contributed by atoms with E-state index in [1.807, 2.05) is 12.1 Å². The number of rotatable bonds is 3. The molecule has 0 radical (unpaired) electrons. The van der Waals surface area contributed by atoms with Crippen LogP contribution in [-0.2, 0) is 6.42 Å². The Morgan fingerprint density at radius 2 is 1.64 bits per heavy atom. The lowest BCUT2D eigenvalue weighted by Crippen LogP contribution is -2.38. The van der Waals surface area contributed by atoms with Gasteiger partial charge in [-0.3, -0.25) is 0 Å². The number of nitrogens with one attached hydrogen (secondary N) is 1. The van der Waals surface area contributed by atoms with Crippen LogP contribution in [0.4, 0.5) is 5.69 Å². The maximum absolute atomic E-state index is 10.1. The molecule has 3 aromatic carbocycles. The van der Waals surface area contributed by atoms with Crippen LogP contribution >= 0.6 is 0 Å². The Kier molecular flexibility index (Phi) is 5.38. The summed E-state index contributed by atoms with van der Waals surface area (Å²) in [6.07, 6.45) is 6.07. The lowest BCUT2D eigenvalue weighted by Gasteiger charge is -2.35. The van der Waals surface area contributed by atoms with Gasteiger partial charge in [0.25, 0.3) is 0 Å². The van der Waals surface area contributed by atoms with Gasteiger partial charge in [0, 0.05) is 24.7 Å². The molecule has 3 heteroatoms. The van der Waals surface area contributed by atoms with Crippen LogP contribution in [0.1, 0.15) is 59.8 Å². The lowest BCUT2D eigenvalue weighted by atomic mass is 9.69. The minimum atomic E-state index is 0.320. The van der Waals surface area contributed by atoms with Crippen LogP contribution in [0.3, 0.4) is 0 Å². The second-order valence-corrected chi connectivity index (χ2v) is 10.4. The Bertz CT molecular complexity index is 1100. The van der Waals surface area contributed by atoms with Gasteiger partial charge in [-0.1, -0.05) is 48.5 Å². The van der Waals surface area contributed by atoms with Gasteiger partial charge in [0.05, 0.1) is 0 Å². The molecule has 3 aromatic rings. The Balaban J connectivity index is 1.31. The Morgan fingerprint density at radius 1 is 0.848 bits per heavy atom. The fourth-order valence-corrected chi connectivity index (χ4v) is 6.69. The summed E-state index contributed by atoms with van der Waals surface area (Å²) in [5.74, 6) is 1.15. The number of hydrogen-bond donors (Lipinski definition) is 2. The van der Waals surface area contributed by atoms with Crippen molar-refractivity contribution in [2.24, 2.45) is 5.41 Å². The van der Waals surface area contributed by atoms with E-state index in [2.05, 4.69) is 70.9 Å². The van der Waals surface area contributed by atoms with E-state index in [1.165, 1.54) is 73.4 Å². The number of piperidine rings is 1. The van der Waals surface area contributed by atoms with Gasteiger partial charge >= 0.3 is 0 Å². The van der Waals surface area contributed by atoms with Crippen molar-refractivity contribution in [1.82, 2.24) is 5.32 Å². The molecule has 2 aliphatic heterocycles. The van der Waals surface area contributed by atoms with Crippen LogP contribution < -0.4 is 10.2 Å². The van der Waals surface area contributed by atoms with Gasteiger partial charge in [0.2, 0.25) is 0 Å². The second kappa shape index (κ2) is 8.53. The summed E-state index contributed by atoms with van der Waals surface area (Å²) in [5.41, 5.74) is 7.35. The third-order valence-corrected chi connectivity index (χ3v) is 8.54. The van der Waals surface area contributed by atoms with E-state index in [0.29, 0.717) is 23.0 Å². The molecule has 2 heterocycles. The van der Waals surface area contributed by atoms with Crippen molar-refractivity contribution in [2.75, 3.05) is 31.1 Å². The standard InChI is InChI=1S/C30H34N2O/c33-26-11-13-28-24(20-26)8-12-27(22-4-2-1-3-5-22)29(28)23-6-9-25(10-7-23)32-19-16-30(21-32)14-17-31-18-15-30/h1-7,9-11,13,20,27,29,31,33H,8,12,14-19,21H2/t27-,29+/m1/s1. The average Bonchev–Trinajstić information content (AvgIpc) is 3.27. The molecule has 33 heavy (non-hydrogen) atoms. The first-order chi connectivity index (χ1) is 16.2. The Hall–Kier alpha value is -2.78. The molecular weight excluding hydrogens is 404 g/mol. The molecule has 2 atom stereocenters. The molecule has 2 N–H and O–H groups in total. The molecule has 170 valence electrons. The van der Waals surface area contributed by atoms with Gasteiger partial charge in [-0.15, -0.1) is 0 Å². The zero-order valence-corrected chi connectivity index (χ0v) is 19.3. The van der Waals surface area contributed by atoms with Crippen LogP contribution in [0.25, 0.3) is 0 Å². The zero-order chi connectivity index (χ0) is 22.3. The van der Waals surface area contributed by atoms with Gasteiger partial charge in [0.15, 0.2) is 0 Å². The molecule has 3 aliphatic rings. The van der Waals surface area contributed by atoms with Gasteiger partial charge in [-0.05, 0) is 103 Å². The third-order valence-electron chi connectivity index (χ3n) is 8.54. The molecule has 1 spiro atoms. The van der Waals surface area contributed by atoms with E-state index in [-0.39, 0.29) is 0 Å². The summed E-state index contributed by atoms with van der Waals surface area (Å²) >= 11 is 0. The average molecular weight is 439 g/mol. The van der Waals surface area contributed by atoms with E-state index in [9.17, 15) is 5.11 Å². The van der Waals surface area contributed by atoms with Crippen molar-refractivity contribution < 1.29 is 5.11 Å². The van der Waals surface area contributed by atoms with Crippen LogP contribution in [-0.4, -0.2) is 31.3 Å². The van der Waals surface area contributed by atoms with Crippen LogP contribution in [0.15, 0.2) is 72.8 Å². The van der Waals surface area contributed by atoms with E-state index in [0.717, 1.165) is 12.8 Å². The van der Waals surface area contributed by atoms with Crippen molar-refractivity contribution in [3.63, 3.8) is 0 Å². The molecule has 2 fully saturated rings. The summed E-state index contributed by atoms with van der Waals surface area (Å²) in [6.45, 7) is 4.72. The fraction of sp³-hybridized carbons (Fsp3) is 0.400. The highest BCUT2D eigenvalue weighted by Gasteiger charge is 2.39. The van der Waals surface area contributed by atoms with Gasteiger partial charge in [-0.25, -0.2) is 0 Å². The van der Waals surface area contributed by atoms with Gasteiger partial charge in [0.1, 0.15) is 5.75 Å². The largest absolute Gasteiger partial charge is 0.508 e. The second-order valence-electron chi connectivity index (χ2n) is 10.4. The van der Waals surface area contributed by atoms with Crippen molar-refractivity contribution in [2.45, 2.75) is 43.9 Å². The first kappa shape index (κ1) is 20.8. The first-order valence-corrected chi connectivity index (χ1v) is 12.6. The molecule has 1 aliphatic carbocycles. The normalized spacial score (nSPS) is 24.1. The highest BCUT2D eigenvalue weighted by molar-refractivity contribution is 5.53. The molecule has 0 amide bonds. The third kappa shape index (κ3) is 3.93. The van der Waals surface area contributed by atoms with Crippen molar-refractivity contribution in [1.29, 1.82) is 0 Å². The minimum Gasteiger partial charge on any atom is -0.508 e. The maximum Gasteiger partial charge on any atom is 0.115 e. The number of anilines is 1. The number of phenolic OH excluding ortho intramolecular Hbond substituents is 1. The minimum absolute atomic E-state index is 0.320. The van der Waals surface area contributed by atoms with Gasteiger partial charge < -0.3 is 15.3 Å². The Morgan fingerprint density at radius 3 is 2.42 bits per heavy atom. The summed E-state index contributed by atoms with van der Waals surface area (Å²) in [5, 5.41) is 13.6. The van der Waals surface area contributed by atoms with Crippen LogP contribution in [0.5, 0.6) is 5.75 Å². The van der Waals surface area contributed by atoms with Gasteiger partial charge in [-0.2, -0.15) is 0 Å². The quantitative estimate of drug-likeness (QED) is 0.540. The molecule has 0 aromatic heterocycles. The SMILES string of the molecule is Oc1ccc2c(c1)CC[C@H](c1ccccc1)[C@@H]2c1ccc(N2CCC3(CCNCC3)C2)cc1. The van der Waals surface area contributed by atoms with Crippen molar-refractivity contribution in [3.8, 4) is 5.75 Å². The van der Waals surface area contributed by atoms with Crippen LogP contribution in [0, 0.1) is 5.41 Å². The summed E-state index contributed by atoms with van der Waals surface area (Å²) in [6, 6.07) is 26.4. The number of nitrogens with zero attached hydrogens (tertiary/aromatic N) is 1. The highest BCUT2D eigenvalue weighted by atomic mass is 16.3. The molecule has 0 unspecified atom stereocenters. The molecule has 2 saturated heterocycles. The molecule has 0 saturated carbocycles. The number of fused-ring (bicyclic) bond motifs is 1. The molecule has 3 nitrogen and oxygen atoms in total. The number of benzene rings is 3. The number of aromatic hydroxyl groups is 1. The zero-order valence-electron chi connectivity index (χ0n) is 19.3. The van der Waals surface area contributed by atoms with E-state index < -0.39 is 0 Å². The van der Waals surface area contributed by atoms with Crippen LogP contribution in [0.2, 0.25) is 0 Å². The Labute approximate surface area is 197 Å². The van der Waals surface area contributed by atoms with E-state index in [4.69, 9.17) is 0 Å². The first-order valence-electron chi connectivity index (χ1n) is 12.6. The molecule has 0 bridgehead atoms. The molecular formula is C30H34N2O. The predicted molar refractivity (Wildman–Crippen MR) is 135 cm³/mol.